The van der Waals surface area contributed by atoms with Crippen molar-refractivity contribution in [1.82, 2.24) is 0 Å². The molecule has 2 bridgehead atoms. The number of allylic oxidation sites excluding steroid dienone is 4. The van der Waals surface area contributed by atoms with Crippen LogP contribution < -0.4 is 0 Å². The Kier molecular flexibility index (Phi) is 4.04. The highest BCUT2D eigenvalue weighted by atomic mass is 16.7. The summed E-state index contributed by atoms with van der Waals surface area (Å²) in [5.41, 5.74) is -3.02. The van der Waals surface area contributed by atoms with Gasteiger partial charge in [-0.15, -0.1) is 0 Å². The molecule has 2 aliphatic heterocycles. The third kappa shape index (κ3) is 2.18. The lowest BCUT2D eigenvalue weighted by Crippen LogP contribution is -2.74. The van der Waals surface area contributed by atoms with Crippen LogP contribution in [0.2, 0.25) is 0 Å². The Morgan fingerprint density at radius 2 is 1.59 bits per heavy atom. The summed E-state index contributed by atoms with van der Waals surface area (Å²) in [7, 11) is 0. The maximum atomic E-state index is 14.0. The molecule has 1 saturated carbocycles. The highest BCUT2D eigenvalue weighted by molar-refractivity contribution is 6.15. The summed E-state index contributed by atoms with van der Waals surface area (Å²) < 4.78 is 13.7. The van der Waals surface area contributed by atoms with Crippen molar-refractivity contribution in [3.05, 3.63) is 34.9 Å². The van der Waals surface area contributed by atoms with Gasteiger partial charge < -0.3 is 14.6 Å². The molecule has 0 aromatic carbocycles. The second-order valence-electron chi connectivity index (χ2n) is 12.5. The Balaban J connectivity index is 1.61. The van der Waals surface area contributed by atoms with E-state index in [2.05, 4.69) is 6.92 Å². The Labute approximate surface area is 200 Å². The number of rotatable bonds is 0. The maximum Gasteiger partial charge on any atom is 0.183 e. The van der Waals surface area contributed by atoms with Crippen molar-refractivity contribution < 1.29 is 29.0 Å². The minimum absolute atomic E-state index is 0.0593. The quantitative estimate of drug-likeness (QED) is 0.585. The monoisotopic (exact) mass is 466 g/mol. The van der Waals surface area contributed by atoms with E-state index in [0.717, 1.165) is 5.57 Å². The van der Waals surface area contributed by atoms with Crippen molar-refractivity contribution >= 4 is 17.3 Å². The Bertz CT molecular complexity index is 1170. The van der Waals surface area contributed by atoms with E-state index in [-0.39, 0.29) is 23.3 Å². The van der Waals surface area contributed by atoms with Crippen LogP contribution in [0.4, 0.5) is 0 Å². The van der Waals surface area contributed by atoms with Crippen LogP contribution in [-0.2, 0) is 23.9 Å². The summed E-state index contributed by atoms with van der Waals surface area (Å²) in [4.78, 5) is 39.6. The van der Waals surface area contributed by atoms with Crippen LogP contribution in [0, 0.1) is 22.7 Å². The molecule has 1 N–H and O–H groups in total. The summed E-state index contributed by atoms with van der Waals surface area (Å²) in [6.45, 7) is 11.9. The van der Waals surface area contributed by atoms with Crippen molar-refractivity contribution in [2.24, 2.45) is 22.7 Å². The first-order valence-corrected chi connectivity index (χ1v) is 12.6. The average molecular weight is 467 g/mol. The molecular formula is C28H34O6. The second-order valence-corrected chi connectivity index (χ2v) is 12.5. The first-order valence-electron chi connectivity index (χ1n) is 12.6. The number of ether oxygens (including phenoxy) is 2. The number of ketones is 3. The molecule has 3 fully saturated rings. The topological polar surface area (TPSA) is 89.9 Å². The van der Waals surface area contributed by atoms with Crippen LogP contribution in [-0.4, -0.2) is 45.0 Å². The molecule has 6 nitrogen and oxygen atoms in total. The van der Waals surface area contributed by atoms with E-state index in [1.54, 1.807) is 12.2 Å². The SMILES string of the molecule is C[C@@H]1[C@@]2(C[C@H](C)C(C)(C)O2)O[C@]23CC[C@@]1(O)[C@@]2(C)C(=O)C=C1C3=CC(=O)C2=CC(=O)CCC21C. The van der Waals surface area contributed by atoms with Gasteiger partial charge in [-0.1, -0.05) is 20.8 Å². The molecule has 4 aliphatic carbocycles. The first kappa shape index (κ1) is 22.6. The van der Waals surface area contributed by atoms with Crippen molar-refractivity contribution in [2.45, 2.75) is 96.2 Å². The van der Waals surface area contributed by atoms with Crippen LogP contribution in [0.1, 0.15) is 73.6 Å². The van der Waals surface area contributed by atoms with Gasteiger partial charge in [-0.25, -0.2) is 0 Å². The summed E-state index contributed by atoms with van der Waals surface area (Å²) in [5.74, 6) is -1.73. The standard InChI is InChI=1S/C28H34O6/c1-15-14-28(33-23(15,3)4)16(2)26(32)9-10-27(34-28)19-12-21(30)20-11-17(29)7-8-24(20,5)18(19)13-22(31)25(26,27)6/h11-13,15-16,32H,7-10,14H2,1-6H3/t15-,16-,24?,25+,26-,27-,28+/m0/s1. The smallest absolute Gasteiger partial charge is 0.183 e. The molecule has 1 spiro atoms. The van der Waals surface area contributed by atoms with E-state index in [9.17, 15) is 19.5 Å². The molecule has 2 saturated heterocycles. The van der Waals surface area contributed by atoms with Crippen LogP contribution in [0.15, 0.2) is 34.9 Å². The zero-order valence-electron chi connectivity index (χ0n) is 20.9. The highest BCUT2D eigenvalue weighted by Crippen LogP contribution is 2.73. The van der Waals surface area contributed by atoms with Crippen LogP contribution in [0.3, 0.4) is 0 Å². The fourth-order valence-corrected chi connectivity index (χ4v) is 8.18. The molecule has 0 radical (unpaired) electrons. The van der Waals surface area contributed by atoms with Crippen molar-refractivity contribution in [3.8, 4) is 0 Å². The summed E-state index contributed by atoms with van der Waals surface area (Å²) >= 11 is 0. The van der Waals surface area contributed by atoms with Gasteiger partial charge in [0.05, 0.1) is 16.6 Å². The highest BCUT2D eigenvalue weighted by Gasteiger charge is 2.82. The molecule has 34 heavy (non-hydrogen) atoms. The van der Waals surface area contributed by atoms with Gasteiger partial charge in [-0.3, -0.25) is 14.4 Å². The maximum absolute atomic E-state index is 14.0. The fraction of sp³-hybridized carbons (Fsp3) is 0.679. The molecule has 2 heterocycles. The molecule has 182 valence electrons. The Morgan fingerprint density at radius 1 is 0.882 bits per heavy atom. The number of fused-ring (bicyclic) bond motifs is 3. The summed E-state index contributed by atoms with van der Waals surface area (Å²) in [6, 6.07) is 0. The fourth-order valence-electron chi connectivity index (χ4n) is 8.18. The third-order valence-corrected chi connectivity index (χ3v) is 10.9. The van der Waals surface area contributed by atoms with Gasteiger partial charge >= 0.3 is 0 Å². The van der Waals surface area contributed by atoms with Crippen molar-refractivity contribution in [1.29, 1.82) is 0 Å². The van der Waals surface area contributed by atoms with Gasteiger partial charge in [0, 0.05) is 29.7 Å². The minimum atomic E-state index is -1.34. The Morgan fingerprint density at radius 3 is 2.24 bits per heavy atom. The first-order chi connectivity index (χ1) is 15.7. The second kappa shape index (κ2) is 6.08. The van der Waals surface area contributed by atoms with Gasteiger partial charge in [0.25, 0.3) is 0 Å². The third-order valence-electron chi connectivity index (χ3n) is 10.9. The molecule has 0 aromatic rings. The molecular weight excluding hydrogens is 432 g/mol. The van der Waals surface area contributed by atoms with Gasteiger partial charge in [-0.2, -0.15) is 0 Å². The van der Waals surface area contributed by atoms with Crippen LogP contribution in [0.25, 0.3) is 0 Å². The number of hydrogen-bond acceptors (Lipinski definition) is 6. The zero-order chi connectivity index (χ0) is 24.7. The van der Waals surface area contributed by atoms with Gasteiger partial charge in [-0.05, 0) is 75.3 Å². The van der Waals surface area contributed by atoms with E-state index >= 15 is 0 Å². The normalized spacial score (nSPS) is 50.9. The molecule has 0 aromatic heterocycles. The average Bonchev–Trinajstić information content (AvgIpc) is 3.10. The van der Waals surface area contributed by atoms with E-state index in [0.29, 0.717) is 43.3 Å². The molecule has 6 rings (SSSR count). The predicted molar refractivity (Wildman–Crippen MR) is 124 cm³/mol. The van der Waals surface area contributed by atoms with E-state index in [4.69, 9.17) is 9.47 Å². The minimum Gasteiger partial charge on any atom is -0.388 e. The van der Waals surface area contributed by atoms with Crippen molar-refractivity contribution in [2.75, 3.05) is 0 Å². The molecule has 6 heteroatoms. The van der Waals surface area contributed by atoms with E-state index in [1.165, 1.54) is 6.08 Å². The van der Waals surface area contributed by atoms with Crippen LogP contribution in [0.5, 0.6) is 0 Å². The molecule has 6 aliphatic rings. The largest absolute Gasteiger partial charge is 0.388 e. The van der Waals surface area contributed by atoms with Gasteiger partial charge in [0.15, 0.2) is 23.1 Å². The summed E-state index contributed by atoms with van der Waals surface area (Å²) in [6.07, 6.45) is 6.88. The number of carbonyl (C=O) groups is 3. The number of carbonyl (C=O) groups excluding carboxylic acids is 3. The molecule has 0 amide bonds. The van der Waals surface area contributed by atoms with Crippen molar-refractivity contribution in [3.63, 3.8) is 0 Å². The zero-order valence-corrected chi connectivity index (χ0v) is 20.9. The number of aliphatic hydroxyl groups is 1. The predicted octanol–water partition coefficient (Wildman–Crippen LogP) is 3.77. The van der Waals surface area contributed by atoms with E-state index in [1.807, 2.05) is 34.6 Å². The van der Waals surface area contributed by atoms with E-state index < -0.39 is 39.3 Å². The lowest BCUT2D eigenvalue weighted by Gasteiger charge is -2.63. The van der Waals surface area contributed by atoms with Gasteiger partial charge in [0.1, 0.15) is 5.60 Å². The Hall–Kier alpha value is -1.89. The number of hydrogen-bond donors (Lipinski definition) is 1. The molecule has 7 atom stereocenters. The summed E-state index contributed by atoms with van der Waals surface area (Å²) in [5, 5.41) is 12.3. The lowest BCUT2D eigenvalue weighted by atomic mass is 9.49. The van der Waals surface area contributed by atoms with Crippen LogP contribution >= 0.6 is 0 Å². The lowest BCUT2D eigenvalue weighted by molar-refractivity contribution is -0.376. The van der Waals surface area contributed by atoms with Gasteiger partial charge in [0.2, 0.25) is 0 Å². The molecule has 1 unspecified atom stereocenters.